The van der Waals surface area contributed by atoms with Crippen molar-refractivity contribution in [2.75, 3.05) is 24.3 Å². The fourth-order valence-electron chi connectivity index (χ4n) is 4.13. The SMILES string of the molecule is CN1C(=O)c2cc(NC(=O)Nc3ccc(Cl)cc3)ccc2OC[C@H]2O[C@@H](CC(=O)O)CC[C@H]21. The van der Waals surface area contributed by atoms with Gasteiger partial charge in [-0.05, 0) is 55.3 Å². The Hall–Kier alpha value is -3.30. The van der Waals surface area contributed by atoms with Crippen molar-refractivity contribution in [2.24, 2.45) is 0 Å². The van der Waals surface area contributed by atoms with Crippen LogP contribution in [-0.2, 0) is 9.53 Å². The number of carbonyl (C=O) groups excluding carboxylic acids is 2. The number of amides is 3. The van der Waals surface area contributed by atoms with E-state index in [1.54, 1.807) is 54.4 Å². The van der Waals surface area contributed by atoms with Gasteiger partial charge in [0.2, 0.25) is 0 Å². The summed E-state index contributed by atoms with van der Waals surface area (Å²) in [7, 11) is 1.70. The number of carbonyl (C=O) groups is 3. The molecule has 2 aliphatic rings. The molecular weight excluding hydrogens is 450 g/mol. The highest BCUT2D eigenvalue weighted by molar-refractivity contribution is 6.30. The predicted molar refractivity (Wildman–Crippen MR) is 122 cm³/mol. The minimum absolute atomic E-state index is 0.0788. The average molecular weight is 474 g/mol. The van der Waals surface area contributed by atoms with E-state index in [-0.39, 0.29) is 25.0 Å². The van der Waals surface area contributed by atoms with Crippen molar-refractivity contribution in [3.63, 3.8) is 0 Å². The summed E-state index contributed by atoms with van der Waals surface area (Å²) in [4.78, 5) is 38.2. The second-order valence-corrected chi connectivity index (χ2v) is 8.50. The smallest absolute Gasteiger partial charge is 0.323 e. The first kappa shape index (κ1) is 22.9. The molecule has 2 heterocycles. The molecule has 0 bridgehead atoms. The normalized spacial score (nSPS) is 22.2. The van der Waals surface area contributed by atoms with E-state index in [1.165, 1.54) is 0 Å². The maximum absolute atomic E-state index is 13.2. The van der Waals surface area contributed by atoms with E-state index >= 15 is 0 Å². The van der Waals surface area contributed by atoms with Gasteiger partial charge in [0, 0.05) is 23.4 Å². The first-order chi connectivity index (χ1) is 15.8. The van der Waals surface area contributed by atoms with Gasteiger partial charge in [-0.3, -0.25) is 9.59 Å². The summed E-state index contributed by atoms with van der Waals surface area (Å²) in [5.41, 5.74) is 1.34. The lowest BCUT2D eigenvalue weighted by molar-refractivity contribution is -0.148. The van der Waals surface area contributed by atoms with Gasteiger partial charge in [-0.2, -0.15) is 0 Å². The number of nitrogens with one attached hydrogen (secondary N) is 2. The van der Waals surface area contributed by atoms with Gasteiger partial charge in [0.15, 0.2) is 0 Å². The minimum atomic E-state index is -0.917. The summed E-state index contributed by atoms with van der Waals surface area (Å²) in [6.45, 7) is 0.190. The van der Waals surface area contributed by atoms with Gasteiger partial charge >= 0.3 is 12.0 Å². The Morgan fingerprint density at radius 1 is 1.12 bits per heavy atom. The van der Waals surface area contributed by atoms with Crippen molar-refractivity contribution >= 4 is 40.9 Å². The molecule has 1 fully saturated rings. The molecule has 0 saturated carbocycles. The van der Waals surface area contributed by atoms with Crippen LogP contribution in [0.5, 0.6) is 5.75 Å². The van der Waals surface area contributed by atoms with Crippen LogP contribution in [-0.4, -0.2) is 59.8 Å². The second kappa shape index (κ2) is 9.68. The zero-order valence-corrected chi connectivity index (χ0v) is 18.7. The van der Waals surface area contributed by atoms with E-state index in [4.69, 9.17) is 26.2 Å². The zero-order chi connectivity index (χ0) is 23.5. The summed E-state index contributed by atoms with van der Waals surface area (Å²) in [6, 6.07) is 10.8. The number of anilines is 2. The molecule has 0 aromatic heterocycles. The Kier molecular flexibility index (Phi) is 6.71. The number of carboxylic acid groups (broad SMARTS) is 1. The number of benzene rings is 2. The van der Waals surface area contributed by atoms with Gasteiger partial charge in [-0.15, -0.1) is 0 Å². The van der Waals surface area contributed by atoms with Gasteiger partial charge in [0.05, 0.1) is 24.1 Å². The summed E-state index contributed by atoms with van der Waals surface area (Å²) in [5, 5.41) is 15.0. The minimum Gasteiger partial charge on any atom is -0.490 e. The molecule has 33 heavy (non-hydrogen) atoms. The molecule has 2 aromatic rings. The van der Waals surface area contributed by atoms with Gasteiger partial charge in [-0.1, -0.05) is 11.6 Å². The number of halogens is 1. The summed E-state index contributed by atoms with van der Waals surface area (Å²) >= 11 is 5.86. The number of carboxylic acids is 1. The molecule has 0 radical (unpaired) electrons. The third-order valence-corrected chi connectivity index (χ3v) is 6.03. The van der Waals surface area contributed by atoms with E-state index < -0.39 is 24.2 Å². The number of aliphatic carboxylic acids is 1. The quantitative estimate of drug-likeness (QED) is 0.621. The molecule has 3 N–H and O–H groups in total. The summed E-state index contributed by atoms with van der Waals surface area (Å²) in [5.74, 6) is -0.806. The molecule has 2 aliphatic heterocycles. The Labute approximate surface area is 195 Å². The van der Waals surface area contributed by atoms with E-state index in [0.29, 0.717) is 40.6 Å². The first-order valence-electron chi connectivity index (χ1n) is 10.5. The highest BCUT2D eigenvalue weighted by atomic mass is 35.5. The van der Waals surface area contributed by atoms with Crippen LogP contribution in [0.1, 0.15) is 29.6 Å². The lowest BCUT2D eigenvalue weighted by Crippen LogP contribution is -2.53. The fourth-order valence-corrected chi connectivity index (χ4v) is 4.25. The standard InChI is InChI=1S/C23H24ClN3O6/c1-27-18-8-7-16(11-21(28)29)33-20(18)12-32-19-9-6-15(10-17(19)22(27)30)26-23(31)25-14-4-2-13(24)3-5-14/h2-6,9-10,16,18,20H,7-8,11-12H2,1H3,(H,28,29)(H2,25,26,31)/t16-,18-,20-/m1/s1. The molecule has 9 nitrogen and oxygen atoms in total. The van der Waals surface area contributed by atoms with Crippen molar-refractivity contribution in [3.8, 4) is 5.75 Å². The van der Waals surface area contributed by atoms with Gasteiger partial charge in [-0.25, -0.2) is 4.79 Å². The largest absolute Gasteiger partial charge is 0.490 e. The van der Waals surface area contributed by atoms with E-state index in [2.05, 4.69) is 10.6 Å². The molecule has 174 valence electrons. The van der Waals surface area contributed by atoms with Crippen molar-refractivity contribution in [1.82, 2.24) is 4.90 Å². The second-order valence-electron chi connectivity index (χ2n) is 8.06. The lowest BCUT2D eigenvalue weighted by Gasteiger charge is -2.42. The Bertz CT molecular complexity index is 1060. The molecule has 3 atom stereocenters. The third-order valence-electron chi connectivity index (χ3n) is 5.77. The van der Waals surface area contributed by atoms with E-state index in [1.807, 2.05) is 0 Å². The van der Waals surface area contributed by atoms with Crippen molar-refractivity contribution in [2.45, 2.75) is 37.5 Å². The monoisotopic (exact) mass is 473 g/mol. The predicted octanol–water partition coefficient (Wildman–Crippen LogP) is 3.84. The number of nitrogens with zero attached hydrogens (tertiary/aromatic N) is 1. The van der Waals surface area contributed by atoms with E-state index in [0.717, 1.165) is 0 Å². The van der Waals surface area contributed by atoms with Gasteiger partial charge in [0.25, 0.3) is 5.91 Å². The molecule has 2 aromatic carbocycles. The molecule has 1 saturated heterocycles. The van der Waals surface area contributed by atoms with Crippen LogP contribution in [0.3, 0.4) is 0 Å². The van der Waals surface area contributed by atoms with Crippen LogP contribution in [0, 0.1) is 0 Å². The maximum Gasteiger partial charge on any atom is 0.323 e. The lowest BCUT2D eigenvalue weighted by atomic mass is 9.94. The molecule has 0 spiro atoms. The highest BCUT2D eigenvalue weighted by Gasteiger charge is 2.39. The molecule has 10 heteroatoms. The van der Waals surface area contributed by atoms with Gasteiger partial charge < -0.3 is 30.1 Å². The van der Waals surface area contributed by atoms with Crippen molar-refractivity contribution < 1.29 is 29.0 Å². The van der Waals surface area contributed by atoms with Crippen LogP contribution in [0.2, 0.25) is 5.02 Å². The number of urea groups is 1. The molecule has 3 amide bonds. The zero-order valence-electron chi connectivity index (χ0n) is 17.9. The van der Waals surface area contributed by atoms with Crippen molar-refractivity contribution in [3.05, 3.63) is 53.1 Å². The Morgan fingerprint density at radius 2 is 1.82 bits per heavy atom. The highest BCUT2D eigenvalue weighted by Crippen LogP contribution is 2.32. The van der Waals surface area contributed by atoms with Crippen LogP contribution in [0.15, 0.2) is 42.5 Å². The topological polar surface area (TPSA) is 117 Å². The average Bonchev–Trinajstić information content (AvgIpc) is 2.78. The number of rotatable bonds is 4. The number of likely N-dealkylation sites (N-methyl/N-ethyl adjacent to an activating group) is 1. The first-order valence-corrected chi connectivity index (χ1v) is 10.9. The van der Waals surface area contributed by atoms with Gasteiger partial charge in [0.1, 0.15) is 18.5 Å². The number of fused-ring (bicyclic) bond motifs is 2. The fraction of sp³-hybridized carbons (Fsp3) is 0.348. The van der Waals surface area contributed by atoms with Crippen LogP contribution >= 0.6 is 11.6 Å². The number of hydrogen-bond donors (Lipinski definition) is 3. The Balaban J connectivity index is 1.48. The van der Waals surface area contributed by atoms with Crippen LogP contribution in [0.4, 0.5) is 16.2 Å². The number of hydrogen-bond acceptors (Lipinski definition) is 5. The Morgan fingerprint density at radius 3 is 2.55 bits per heavy atom. The molecule has 0 aliphatic carbocycles. The third kappa shape index (κ3) is 5.37. The summed E-state index contributed by atoms with van der Waals surface area (Å²) in [6.07, 6.45) is 0.258. The number of ether oxygens (including phenoxy) is 2. The molecule has 4 rings (SSSR count). The maximum atomic E-state index is 13.2. The van der Waals surface area contributed by atoms with Crippen LogP contribution in [0.25, 0.3) is 0 Å². The molecular formula is C23H24ClN3O6. The van der Waals surface area contributed by atoms with E-state index in [9.17, 15) is 14.4 Å². The summed E-state index contributed by atoms with van der Waals surface area (Å²) < 4.78 is 11.8. The van der Waals surface area contributed by atoms with Crippen LogP contribution < -0.4 is 15.4 Å². The molecule has 0 unspecified atom stereocenters. The van der Waals surface area contributed by atoms with Crippen molar-refractivity contribution in [1.29, 1.82) is 0 Å².